The number of guanidine groups is 1. The zero-order chi connectivity index (χ0) is 15.2. The van der Waals surface area contributed by atoms with Crippen molar-refractivity contribution in [3.8, 4) is 0 Å². The van der Waals surface area contributed by atoms with E-state index in [4.69, 9.17) is 5.73 Å². The third-order valence-electron chi connectivity index (χ3n) is 3.03. The zero-order valence-electron chi connectivity index (χ0n) is 12.7. The minimum Gasteiger partial charge on any atom is -0.370 e. The molecule has 7 heteroatoms. The van der Waals surface area contributed by atoms with Gasteiger partial charge in [0.25, 0.3) is 0 Å². The number of rotatable bonds is 6. The van der Waals surface area contributed by atoms with Crippen LogP contribution in [0, 0.1) is 0 Å². The molecule has 0 heterocycles. The second-order valence-corrected chi connectivity index (χ2v) is 6.83. The Balaban J connectivity index is 0.00000400. The van der Waals surface area contributed by atoms with Crippen molar-refractivity contribution in [3.63, 3.8) is 0 Å². The van der Waals surface area contributed by atoms with Gasteiger partial charge in [0.1, 0.15) is 0 Å². The van der Waals surface area contributed by atoms with Crippen LogP contribution in [-0.4, -0.2) is 38.6 Å². The van der Waals surface area contributed by atoms with E-state index in [9.17, 15) is 8.42 Å². The quantitative estimate of drug-likeness (QED) is 0.430. The molecular weight excluding hydrogens is 401 g/mol. The van der Waals surface area contributed by atoms with E-state index in [1.165, 1.54) is 6.26 Å². The highest BCUT2D eigenvalue weighted by Gasteiger charge is 2.09. The average Bonchev–Trinajstić information content (AvgIpc) is 2.37. The van der Waals surface area contributed by atoms with Crippen molar-refractivity contribution in [2.24, 2.45) is 10.7 Å². The zero-order valence-corrected chi connectivity index (χ0v) is 15.9. The first kappa shape index (κ1) is 20.2. The molecule has 0 spiro atoms. The van der Waals surface area contributed by atoms with E-state index >= 15 is 0 Å². The summed E-state index contributed by atoms with van der Waals surface area (Å²) in [4.78, 5) is 6.31. The standard InChI is InChI=1S/C14H23N3O2S.HI/c1-4-17(5-2)14(15)16-10-12-8-6-7-9-13(12)11-20(3,18)19;/h6-9H,4-5,10-11H2,1-3H3,(H2,15,16);1H. The van der Waals surface area contributed by atoms with Gasteiger partial charge in [-0.1, -0.05) is 24.3 Å². The summed E-state index contributed by atoms with van der Waals surface area (Å²) >= 11 is 0. The second kappa shape index (κ2) is 9.24. The lowest BCUT2D eigenvalue weighted by molar-refractivity contribution is 0.458. The highest BCUT2D eigenvalue weighted by atomic mass is 127. The normalized spacial score (nSPS) is 11.9. The maximum atomic E-state index is 11.4. The maximum absolute atomic E-state index is 11.4. The fourth-order valence-electron chi connectivity index (χ4n) is 1.95. The number of hydrogen-bond acceptors (Lipinski definition) is 3. The Morgan fingerprint density at radius 3 is 2.19 bits per heavy atom. The summed E-state index contributed by atoms with van der Waals surface area (Å²) in [6.07, 6.45) is 1.23. The molecule has 0 aliphatic heterocycles. The van der Waals surface area contributed by atoms with Crippen LogP contribution in [0.5, 0.6) is 0 Å². The summed E-state index contributed by atoms with van der Waals surface area (Å²) in [7, 11) is -3.05. The Hall–Kier alpha value is -0.830. The van der Waals surface area contributed by atoms with Crippen molar-refractivity contribution in [2.75, 3.05) is 19.3 Å². The summed E-state index contributed by atoms with van der Waals surface area (Å²) in [5, 5.41) is 0. The van der Waals surface area contributed by atoms with Gasteiger partial charge in [-0.2, -0.15) is 0 Å². The number of nitrogens with zero attached hydrogens (tertiary/aromatic N) is 2. The molecule has 0 amide bonds. The van der Waals surface area contributed by atoms with E-state index in [0.29, 0.717) is 12.5 Å². The van der Waals surface area contributed by atoms with E-state index in [1.54, 1.807) is 0 Å². The Labute approximate surface area is 144 Å². The highest BCUT2D eigenvalue weighted by Crippen LogP contribution is 2.13. The predicted octanol–water partition coefficient (Wildman–Crippen LogP) is 2.01. The SMILES string of the molecule is CCN(CC)C(N)=NCc1ccccc1CS(C)(=O)=O.I. The van der Waals surface area contributed by atoms with Crippen LogP contribution >= 0.6 is 24.0 Å². The molecule has 2 N–H and O–H groups in total. The molecule has 0 atom stereocenters. The molecule has 0 bridgehead atoms. The minimum atomic E-state index is -3.05. The van der Waals surface area contributed by atoms with Crippen LogP contribution in [0.4, 0.5) is 0 Å². The molecule has 1 aromatic carbocycles. The van der Waals surface area contributed by atoms with Gasteiger partial charge in [-0.15, -0.1) is 24.0 Å². The van der Waals surface area contributed by atoms with E-state index in [0.717, 1.165) is 24.2 Å². The van der Waals surface area contributed by atoms with Crippen LogP contribution in [0.1, 0.15) is 25.0 Å². The van der Waals surface area contributed by atoms with Gasteiger partial charge >= 0.3 is 0 Å². The lowest BCUT2D eigenvalue weighted by atomic mass is 10.1. The second-order valence-electron chi connectivity index (χ2n) is 4.69. The van der Waals surface area contributed by atoms with Crippen LogP contribution in [0.2, 0.25) is 0 Å². The van der Waals surface area contributed by atoms with Gasteiger partial charge in [-0.25, -0.2) is 13.4 Å². The number of hydrogen-bond donors (Lipinski definition) is 1. The summed E-state index contributed by atoms with van der Waals surface area (Å²) < 4.78 is 22.8. The minimum absolute atomic E-state index is 0. The Bertz CT molecular complexity index is 569. The van der Waals surface area contributed by atoms with Crippen molar-refractivity contribution in [1.29, 1.82) is 0 Å². The number of benzene rings is 1. The van der Waals surface area contributed by atoms with Crippen LogP contribution in [0.3, 0.4) is 0 Å². The lowest BCUT2D eigenvalue weighted by Gasteiger charge is -2.19. The molecule has 0 aromatic heterocycles. The van der Waals surface area contributed by atoms with Gasteiger partial charge in [-0.3, -0.25) is 0 Å². The summed E-state index contributed by atoms with van der Waals surface area (Å²) in [6.45, 7) is 6.04. The molecule has 5 nitrogen and oxygen atoms in total. The van der Waals surface area contributed by atoms with E-state index in [1.807, 2.05) is 43.0 Å². The van der Waals surface area contributed by atoms with Crippen LogP contribution in [0.15, 0.2) is 29.3 Å². The van der Waals surface area contributed by atoms with E-state index in [2.05, 4.69) is 4.99 Å². The Morgan fingerprint density at radius 2 is 1.71 bits per heavy atom. The highest BCUT2D eigenvalue weighted by molar-refractivity contribution is 14.0. The molecule has 120 valence electrons. The average molecular weight is 425 g/mol. The van der Waals surface area contributed by atoms with Crippen LogP contribution in [0.25, 0.3) is 0 Å². The number of nitrogens with two attached hydrogens (primary N) is 1. The number of aliphatic imine (C=N–C) groups is 1. The Kier molecular flexibility index (Phi) is 8.88. The Morgan fingerprint density at radius 1 is 1.19 bits per heavy atom. The number of halogens is 1. The third-order valence-corrected chi connectivity index (χ3v) is 3.87. The molecule has 1 aromatic rings. The number of sulfone groups is 1. The van der Waals surface area contributed by atoms with Crippen molar-refractivity contribution in [3.05, 3.63) is 35.4 Å². The van der Waals surface area contributed by atoms with Crippen molar-refractivity contribution in [1.82, 2.24) is 4.90 Å². The fraction of sp³-hybridized carbons (Fsp3) is 0.500. The fourth-order valence-corrected chi connectivity index (χ4v) is 2.80. The molecule has 1 rings (SSSR count). The van der Waals surface area contributed by atoms with Gasteiger partial charge in [0.2, 0.25) is 0 Å². The molecule has 0 saturated carbocycles. The van der Waals surface area contributed by atoms with Crippen molar-refractivity contribution < 1.29 is 8.42 Å². The summed E-state index contributed by atoms with van der Waals surface area (Å²) in [6, 6.07) is 7.42. The lowest BCUT2D eigenvalue weighted by Crippen LogP contribution is -2.37. The van der Waals surface area contributed by atoms with E-state index in [-0.39, 0.29) is 29.7 Å². The maximum Gasteiger partial charge on any atom is 0.191 e. The van der Waals surface area contributed by atoms with Crippen LogP contribution in [-0.2, 0) is 22.1 Å². The van der Waals surface area contributed by atoms with Gasteiger partial charge in [-0.05, 0) is 25.0 Å². The largest absolute Gasteiger partial charge is 0.370 e. The van der Waals surface area contributed by atoms with Crippen molar-refractivity contribution in [2.45, 2.75) is 26.1 Å². The summed E-state index contributed by atoms with van der Waals surface area (Å²) in [5.74, 6) is 0.522. The first-order valence-electron chi connectivity index (χ1n) is 6.66. The summed E-state index contributed by atoms with van der Waals surface area (Å²) in [5.41, 5.74) is 7.60. The first-order chi connectivity index (χ1) is 9.37. The van der Waals surface area contributed by atoms with Gasteiger partial charge in [0.05, 0.1) is 12.3 Å². The smallest absolute Gasteiger partial charge is 0.191 e. The third kappa shape index (κ3) is 7.12. The topological polar surface area (TPSA) is 75.8 Å². The van der Waals surface area contributed by atoms with Gasteiger partial charge in [0, 0.05) is 19.3 Å². The molecule has 0 aliphatic rings. The molecule has 0 aliphatic carbocycles. The molecular formula is C14H24IN3O2S. The van der Waals surface area contributed by atoms with Gasteiger partial charge in [0.15, 0.2) is 15.8 Å². The monoisotopic (exact) mass is 425 g/mol. The molecule has 0 unspecified atom stereocenters. The molecule has 21 heavy (non-hydrogen) atoms. The molecule has 0 saturated heterocycles. The van der Waals surface area contributed by atoms with Crippen molar-refractivity contribution >= 4 is 39.8 Å². The molecule has 0 radical (unpaired) electrons. The van der Waals surface area contributed by atoms with Crippen LogP contribution < -0.4 is 5.73 Å². The van der Waals surface area contributed by atoms with E-state index < -0.39 is 9.84 Å². The van der Waals surface area contributed by atoms with Gasteiger partial charge < -0.3 is 10.6 Å². The first-order valence-corrected chi connectivity index (χ1v) is 8.72. The predicted molar refractivity (Wildman–Crippen MR) is 98.7 cm³/mol. The molecule has 0 fully saturated rings.